The number of carbonyl (C=O) groups excluding carboxylic acids is 2. The first-order chi connectivity index (χ1) is 18.0. The van der Waals surface area contributed by atoms with Crippen LogP contribution < -0.4 is 15.5 Å². The fourth-order valence-electron chi connectivity index (χ4n) is 3.53. The van der Waals surface area contributed by atoms with Gasteiger partial charge in [0.15, 0.2) is 0 Å². The fourth-order valence-corrected chi connectivity index (χ4v) is 3.53. The molecule has 0 saturated heterocycles. The summed E-state index contributed by atoms with van der Waals surface area (Å²) in [5.41, 5.74) is 7.38. The van der Waals surface area contributed by atoms with E-state index >= 15 is 0 Å². The van der Waals surface area contributed by atoms with E-state index in [0.717, 1.165) is 34.5 Å². The summed E-state index contributed by atoms with van der Waals surface area (Å²) < 4.78 is 7.29. The van der Waals surface area contributed by atoms with E-state index in [-0.39, 0.29) is 12.5 Å². The van der Waals surface area contributed by atoms with Gasteiger partial charge in [-0.15, -0.1) is 0 Å². The van der Waals surface area contributed by atoms with E-state index < -0.39 is 5.91 Å². The van der Waals surface area contributed by atoms with E-state index in [1.807, 2.05) is 74.6 Å². The first-order valence-corrected chi connectivity index (χ1v) is 12.1. The maximum Gasteiger partial charge on any atom is 0.259 e. The third kappa shape index (κ3) is 6.91. The minimum Gasteiger partial charge on any atom is -0.494 e. The summed E-state index contributed by atoms with van der Waals surface area (Å²) in [5, 5.41) is 11.4. The van der Waals surface area contributed by atoms with E-state index in [2.05, 4.69) is 15.8 Å². The molecule has 0 aliphatic rings. The zero-order valence-electron chi connectivity index (χ0n) is 20.8. The minimum absolute atomic E-state index is 0.210. The molecule has 2 N–H and O–H groups in total. The lowest BCUT2D eigenvalue weighted by Crippen LogP contribution is -2.34. The van der Waals surface area contributed by atoms with Gasteiger partial charge in [0.25, 0.3) is 11.8 Å². The molecule has 0 fully saturated rings. The molecule has 0 atom stereocenters. The highest BCUT2D eigenvalue weighted by Crippen LogP contribution is 2.23. The monoisotopic (exact) mass is 495 g/mol. The number of aryl methyl sites for hydroxylation is 1. The number of nitrogens with one attached hydrogen (secondary N) is 2. The van der Waals surface area contributed by atoms with Crippen molar-refractivity contribution in [2.24, 2.45) is 5.10 Å². The highest BCUT2D eigenvalue weighted by atomic mass is 16.5. The highest BCUT2D eigenvalue weighted by Gasteiger charge is 2.12. The number of hydrogen-bond donors (Lipinski definition) is 2. The number of para-hydroxylation sites is 1. The molecule has 0 bridgehead atoms. The summed E-state index contributed by atoms with van der Waals surface area (Å²) >= 11 is 0. The number of hydrogen-bond acceptors (Lipinski definition) is 5. The Kier molecular flexibility index (Phi) is 8.44. The van der Waals surface area contributed by atoms with Crippen molar-refractivity contribution in [3.05, 3.63) is 102 Å². The number of amides is 2. The number of aromatic nitrogens is 2. The number of rotatable bonds is 10. The number of carbonyl (C=O) groups is 2. The van der Waals surface area contributed by atoms with Gasteiger partial charge in [0.2, 0.25) is 0 Å². The van der Waals surface area contributed by atoms with Crippen LogP contribution in [0.5, 0.6) is 5.75 Å². The number of hydrazone groups is 1. The van der Waals surface area contributed by atoms with Gasteiger partial charge in [-0.1, -0.05) is 55.0 Å². The zero-order valence-corrected chi connectivity index (χ0v) is 20.8. The van der Waals surface area contributed by atoms with E-state index in [9.17, 15) is 9.59 Å². The molecule has 0 unspecified atom stereocenters. The number of nitrogens with zero attached hydrogens (tertiary/aromatic N) is 3. The molecule has 8 heteroatoms. The van der Waals surface area contributed by atoms with Crippen molar-refractivity contribution in [1.29, 1.82) is 0 Å². The largest absolute Gasteiger partial charge is 0.494 e. The first-order valence-electron chi connectivity index (χ1n) is 12.1. The Balaban J connectivity index is 1.39. The van der Waals surface area contributed by atoms with Crippen LogP contribution in [0.4, 0.5) is 0 Å². The number of ether oxygens (including phenoxy) is 1. The summed E-state index contributed by atoms with van der Waals surface area (Å²) in [7, 11) is 0. The molecule has 4 rings (SSSR count). The normalized spacial score (nSPS) is 10.9. The highest BCUT2D eigenvalue weighted by molar-refractivity contribution is 5.96. The molecule has 0 aliphatic carbocycles. The molecular formula is C29H29N5O3. The van der Waals surface area contributed by atoms with Gasteiger partial charge in [-0.25, -0.2) is 10.1 Å². The van der Waals surface area contributed by atoms with Crippen LogP contribution in [0.1, 0.15) is 34.8 Å². The second-order valence-electron chi connectivity index (χ2n) is 8.43. The van der Waals surface area contributed by atoms with Crippen molar-refractivity contribution in [1.82, 2.24) is 20.5 Å². The molecule has 3 aromatic carbocycles. The van der Waals surface area contributed by atoms with Gasteiger partial charge in [0.05, 0.1) is 25.1 Å². The van der Waals surface area contributed by atoms with Crippen LogP contribution in [0, 0.1) is 6.92 Å². The standard InChI is InChI=1S/C29H29N5O3/c1-3-17-37-26-15-13-23(14-16-26)29(36)30-19-27(35)32-31-18-24-20-34(25-7-5-4-6-8-25)33-28(24)22-11-9-21(2)10-12-22/h4-16,18,20H,3,17,19H2,1-2H3,(H,30,36)(H,32,35)/b31-18+. The molecule has 4 aromatic rings. The second-order valence-corrected chi connectivity index (χ2v) is 8.43. The molecule has 0 radical (unpaired) electrons. The molecule has 0 aliphatic heterocycles. The third-order valence-electron chi connectivity index (χ3n) is 5.48. The summed E-state index contributed by atoms with van der Waals surface area (Å²) in [6.07, 6.45) is 4.31. The predicted octanol–water partition coefficient (Wildman–Crippen LogP) is 4.52. The molecule has 1 aromatic heterocycles. The van der Waals surface area contributed by atoms with Crippen LogP contribution in [0.2, 0.25) is 0 Å². The molecule has 1 heterocycles. The Labute approximate surface area is 216 Å². The average Bonchev–Trinajstić information content (AvgIpc) is 3.36. The Morgan fingerprint density at radius 3 is 2.43 bits per heavy atom. The second kappa shape index (κ2) is 12.3. The van der Waals surface area contributed by atoms with Crippen LogP contribution in [0.25, 0.3) is 16.9 Å². The molecule has 0 spiro atoms. The van der Waals surface area contributed by atoms with Crippen LogP contribution in [0.3, 0.4) is 0 Å². The number of benzene rings is 3. The predicted molar refractivity (Wildman–Crippen MR) is 144 cm³/mol. The summed E-state index contributed by atoms with van der Waals surface area (Å²) in [4.78, 5) is 24.6. The van der Waals surface area contributed by atoms with Crippen LogP contribution >= 0.6 is 0 Å². The van der Waals surface area contributed by atoms with Crippen molar-refractivity contribution in [3.63, 3.8) is 0 Å². The quantitative estimate of drug-likeness (QED) is 0.250. The van der Waals surface area contributed by atoms with Gasteiger partial charge < -0.3 is 10.1 Å². The fraction of sp³-hybridized carbons (Fsp3) is 0.172. The van der Waals surface area contributed by atoms with Crippen molar-refractivity contribution in [3.8, 4) is 22.7 Å². The van der Waals surface area contributed by atoms with Crippen molar-refractivity contribution in [2.75, 3.05) is 13.2 Å². The Morgan fingerprint density at radius 2 is 1.73 bits per heavy atom. The molecule has 8 nitrogen and oxygen atoms in total. The maximum absolute atomic E-state index is 12.4. The topological polar surface area (TPSA) is 97.6 Å². The van der Waals surface area contributed by atoms with Gasteiger partial charge in [0.1, 0.15) is 11.4 Å². The Hall–Kier alpha value is -4.72. The van der Waals surface area contributed by atoms with Gasteiger partial charge >= 0.3 is 0 Å². The molecule has 37 heavy (non-hydrogen) atoms. The Bertz CT molecular complexity index is 1360. The third-order valence-corrected chi connectivity index (χ3v) is 5.48. The maximum atomic E-state index is 12.4. The first kappa shape index (κ1) is 25.4. The molecule has 0 saturated carbocycles. The summed E-state index contributed by atoms with van der Waals surface area (Å²) in [5.74, 6) is -0.0992. The van der Waals surface area contributed by atoms with Gasteiger partial charge in [-0.2, -0.15) is 10.2 Å². The van der Waals surface area contributed by atoms with Crippen LogP contribution in [-0.2, 0) is 4.79 Å². The lowest BCUT2D eigenvalue weighted by molar-refractivity contribution is -0.120. The van der Waals surface area contributed by atoms with Gasteiger partial charge in [0, 0.05) is 22.9 Å². The van der Waals surface area contributed by atoms with Crippen LogP contribution in [0.15, 0.2) is 90.2 Å². The lowest BCUT2D eigenvalue weighted by Gasteiger charge is -2.07. The smallest absolute Gasteiger partial charge is 0.259 e. The lowest BCUT2D eigenvalue weighted by atomic mass is 10.1. The Morgan fingerprint density at radius 1 is 1.00 bits per heavy atom. The van der Waals surface area contributed by atoms with Crippen molar-refractivity contribution < 1.29 is 14.3 Å². The van der Waals surface area contributed by atoms with Crippen molar-refractivity contribution >= 4 is 18.0 Å². The SMILES string of the molecule is CCCOc1ccc(C(=O)NCC(=O)N/N=C/c2cn(-c3ccccc3)nc2-c2ccc(C)cc2)cc1. The van der Waals surface area contributed by atoms with E-state index in [1.165, 1.54) is 0 Å². The van der Waals surface area contributed by atoms with Gasteiger partial charge in [-0.05, 0) is 49.7 Å². The minimum atomic E-state index is -0.445. The van der Waals surface area contributed by atoms with E-state index in [0.29, 0.717) is 17.9 Å². The molecule has 188 valence electrons. The summed E-state index contributed by atoms with van der Waals surface area (Å²) in [6, 6.07) is 24.6. The van der Waals surface area contributed by atoms with E-state index in [1.54, 1.807) is 35.2 Å². The van der Waals surface area contributed by atoms with Crippen LogP contribution in [-0.4, -0.2) is 41.0 Å². The van der Waals surface area contributed by atoms with Crippen molar-refractivity contribution in [2.45, 2.75) is 20.3 Å². The van der Waals surface area contributed by atoms with Gasteiger partial charge in [-0.3, -0.25) is 9.59 Å². The molecular weight excluding hydrogens is 466 g/mol. The zero-order chi connectivity index (χ0) is 26.0. The average molecular weight is 496 g/mol. The summed E-state index contributed by atoms with van der Waals surface area (Å²) in [6.45, 7) is 4.46. The molecule has 2 amide bonds. The van der Waals surface area contributed by atoms with E-state index in [4.69, 9.17) is 9.84 Å².